The Hall–Kier alpha value is -1.59. The zero-order valence-corrected chi connectivity index (χ0v) is 39.1. The second kappa shape index (κ2) is 42.5. The first kappa shape index (κ1) is 55.4. The molecule has 6 heteroatoms. The molecule has 0 N–H and O–H groups in total. The lowest BCUT2D eigenvalue weighted by atomic mass is 10.0. The first-order chi connectivity index (χ1) is 27.6. The van der Waals surface area contributed by atoms with Crippen molar-refractivity contribution in [1.29, 1.82) is 0 Å². The van der Waals surface area contributed by atoms with E-state index in [9.17, 15) is 14.4 Å². The molecular formula is C51H98O6. The van der Waals surface area contributed by atoms with Crippen molar-refractivity contribution in [2.75, 3.05) is 13.2 Å². The Morgan fingerprint density at radius 2 is 0.509 bits per heavy atom. The maximum atomic E-state index is 12.7. The minimum Gasteiger partial charge on any atom is -0.462 e. The highest BCUT2D eigenvalue weighted by Gasteiger charge is 2.19. The Kier molecular flexibility index (Phi) is 41.3. The van der Waals surface area contributed by atoms with Crippen LogP contribution in [0.3, 0.4) is 0 Å². The average molecular weight is 807 g/mol. The molecule has 1 atom stereocenters. The van der Waals surface area contributed by atoms with Crippen LogP contribution in [-0.2, 0) is 28.6 Å². The molecule has 0 saturated heterocycles. The number of unbranched alkanes of at least 4 members (excludes halogenated alkanes) is 27. The normalized spacial score (nSPS) is 12.2. The van der Waals surface area contributed by atoms with Crippen molar-refractivity contribution in [2.24, 2.45) is 17.8 Å². The molecular weight excluding hydrogens is 709 g/mol. The van der Waals surface area contributed by atoms with Crippen LogP contribution >= 0.6 is 0 Å². The van der Waals surface area contributed by atoms with Crippen LogP contribution in [0, 0.1) is 17.8 Å². The molecule has 0 spiro atoms. The summed E-state index contributed by atoms with van der Waals surface area (Å²) in [7, 11) is 0. The van der Waals surface area contributed by atoms with Gasteiger partial charge in [0.25, 0.3) is 0 Å². The Morgan fingerprint density at radius 3 is 0.754 bits per heavy atom. The molecule has 0 fully saturated rings. The van der Waals surface area contributed by atoms with Gasteiger partial charge < -0.3 is 14.2 Å². The van der Waals surface area contributed by atoms with E-state index in [-0.39, 0.29) is 31.1 Å². The highest BCUT2D eigenvalue weighted by atomic mass is 16.6. The fourth-order valence-electron chi connectivity index (χ4n) is 7.59. The molecule has 0 bridgehead atoms. The topological polar surface area (TPSA) is 78.9 Å². The van der Waals surface area contributed by atoms with E-state index in [0.717, 1.165) is 75.5 Å². The van der Waals surface area contributed by atoms with Crippen molar-refractivity contribution in [1.82, 2.24) is 0 Å². The van der Waals surface area contributed by atoms with Gasteiger partial charge in [-0.15, -0.1) is 0 Å². The lowest BCUT2D eigenvalue weighted by Gasteiger charge is -2.18. The van der Waals surface area contributed by atoms with Gasteiger partial charge in [0.1, 0.15) is 13.2 Å². The first-order valence-corrected chi connectivity index (χ1v) is 25.1. The summed E-state index contributed by atoms with van der Waals surface area (Å²) in [6, 6.07) is 0. The van der Waals surface area contributed by atoms with E-state index in [1.54, 1.807) is 0 Å². The van der Waals surface area contributed by atoms with E-state index in [2.05, 4.69) is 41.5 Å². The molecule has 0 aromatic heterocycles. The molecule has 0 aromatic carbocycles. The number of ether oxygens (including phenoxy) is 3. The minimum atomic E-state index is -0.762. The monoisotopic (exact) mass is 807 g/mol. The van der Waals surface area contributed by atoms with Crippen molar-refractivity contribution < 1.29 is 28.6 Å². The number of carbonyl (C=O) groups excluding carboxylic acids is 3. The molecule has 0 aliphatic heterocycles. The maximum Gasteiger partial charge on any atom is 0.306 e. The van der Waals surface area contributed by atoms with E-state index in [1.165, 1.54) is 154 Å². The highest BCUT2D eigenvalue weighted by Crippen LogP contribution is 2.17. The Morgan fingerprint density at radius 1 is 0.298 bits per heavy atom. The maximum absolute atomic E-state index is 12.7. The third kappa shape index (κ3) is 45.3. The lowest BCUT2D eigenvalue weighted by molar-refractivity contribution is -0.167. The van der Waals surface area contributed by atoms with E-state index in [1.807, 2.05) is 0 Å². The predicted molar refractivity (Wildman–Crippen MR) is 243 cm³/mol. The number of hydrogen-bond acceptors (Lipinski definition) is 6. The van der Waals surface area contributed by atoms with Gasteiger partial charge in [-0.3, -0.25) is 14.4 Å². The van der Waals surface area contributed by atoms with Crippen LogP contribution in [0.4, 0.5) is 0 Å². The largest absolute Gasteiger partial charge is 0.462 e. The van der Waals surface area contributed by atoms with Crippen LogP contribution in [0.15, 0.2) is 0 Å². The summed E-state index contributed by atoms with van der Waals surface area (Å²) in [6.07, 6.45) is 41.0. The van der Waals surface area contributed by atoms with Gasteiger partial charge >= 0.3 is 17.9 Å². The summed E-state index contributed by atoms with van der Waals surface area (Å²) >= 11 is 0. The molecule has 57 heavy (non-hydrogen) atoms. The Balaban J connectivity index is 4.27. The quantitative estimate of drug-likeness (QED) is 0.0347. The number of rotatable bonds is 44. The van der Waals surface area contributed by atoms with Crippen molar-refractivity contribution in [3.63, 3.8) is 0 Å². The van der Waals surface area contributed by atoms with Crippen molar-refractivity contribution in [2.45, 2.75) is 279 Å². The zero-order chi connectivity index (χ0) is 42.0. The van der Waals surface area contributed by atoms with Crippen LogP contribution in [0.1, 0.15) is 273 Å². The van der Waals surface area contributed by atoms with Crippen molar-refractivity contribution >= 4 is 17.9 Å². The summed E-state index contributed by atoms with van der Waals surface area (Å²) < 4.78 is 16.8. The van der Waals surface area contributed by atoms with Gasteiger partial charge in [-0.1, -0.05) is 234 Å². The third-order valence-electron chi connectivity index (χ3n) is 11.4. The van der Waals surface area contributed by atoms with E-state index in [4.69, 9.17) is 14.2 Å². The molecule has 6 nitrogen and oxygen atoms in total. The van der Waals surface area contributed by atoms with Gasteiger partial charge in [0.05, 0.1) is 0 Å². The molecule has 338 valence electrons. The smallest absolute Gasteiger partial charge is 0.306 e. The second-order valence-corrected chi connectivity index (χ2v) is 18.9. The van der Waals surface area contributed by atoms with Crippen molar-refractivity contribution in [3.05, 3.63) is 0 Å². The van der Waals surface area contributed by atoms with Gasteiger partial charge in [0, 0.05) is 19.3 Å². The van der Waals surface area contributed by atoms with Gasteiger partial charge in [-0.05, 0) is 37.0 Å². The fourth-order valence-corrected chi connectivity index (χ4v) is 7.59. The van der Waals surface area contributed by atoms with Crippen LogP contribution in [0.5, 0.6) is 0 Å². The summed E-state index contributed by atoms with van der Waals surface area (Å²) in [6.45, 7) is 13.6. The van der Waals surface area contributed by atoms with Crippen LogP contribution in [0.25, 0.3) is 0 Å². The standard InChI is InChI=1S/C51H98O6/c1-45(2)37-31-25-19-15-11-9-7-8-10-12-17-21-28-34-40-49(52)55-43-48(44-56-50(53)41-35-29-24-23-27-33-39-47(5)6)57-51(54)42-36-30-22-18-14-13-16-20-26-32-38-46(3)4/h45-48H,7-44H2,1-6H3/t48-/m0/s1. The highest BCUT2D eigenvalue weighted by molar-refractivity contribution is 5.71. The number of hydrogen-bond donors (Lipinski definition) is 0. The SMILES string of the molecule is CC(C)CCCCCCCCCCCCCCCCC(=O)OC[C@@H](COC(=O)CCCCCCCCC(C)C)OC(=O)CCCCCCCCCCCCC(C)C. The van der Waals surface area contributed by atoms with Crippen molar-refractivity contribution in [3.8, 4) is 0 Å². The van der Waals surface area contributed by atoms with Gasteiger partial charge in [0.15, 0.2) is 6.10 Å². The predicted octanol–water partition coefficient (Wildman–Crippen LogP) is 16.0. The summed E-state index contributed by atoms with van der Waals surface area (Å²) in [4.78, 5) is 37.8. The molecule has 0 radical (unpaired) electrons. The first-order valence-electron chi connectivity index (χ1n) is 25.1. The van der Waals surface area contributed by atoms with Crippen LogP contribution < -0.4 is 0 Å². The van der Waals surface area contributed by atoms with E-state index < -0.39 is 6.10 Å². The van der Waals surface area contributed by atoms with Gasteiger partial charge in [0.2, 0.25) is 0 Å². The molecule has 0 amide bonds. The molecule has 0 unspecified atom stereocenters. The zero-order valence-electron chi connectivity index (χ0n) is 39.1. The van der Waals surface area contributed by atoms with E-state index >= 15 is 0 Å². The van der Waals surface area contributed by atoms with Crippen LogP contribution in [0.2, 0.25) is 0 Å². The van der Waals surface area contributed by atoms with Gasteiger partial charge in [-0.2, -0.15) is 0 Å². The van der Waals surface area contributed by atoms with Crippen LogP contribution in [-0.4, -0.2) is 37.2 Å². The molecule has 0 aliphatic rings. The summed E-state index contributed by atoms with van der Waals surface area (Å²) in [5.74, 6) is 1.56. The minimum absolute atomic E-state index is 0.0656. The molecule has 0 aliphatic carbocycles. The lowest BCUT2D eigenvalue weighted by Crippen LogP contribution is -2.30. The molecule has 0 heterocycles. The number of esters is 3. The van der Waals surface area contributed by atoms with Gasteiger partial charge in [-0.25, -0.2) is 0 Å². The second-order valence-electron chi connectivity index (χ2n) is 18.9. The molecule has 0 aromatic rings. The third-order valence-corrected chi connectivity index (χ3v) is 11.4. The fraction of sp³-hybridized carbons (Fsp3) is 0.941. The molecule has 0 rings (SSSR count). The molecule has 0 saturated carbocycles. The average Bonchev–Trinajstić information content (AvgIpc) is 3.16. The van der Waals surface area contributed by atoms with E-state index in [0.29, 0.717) is 19.3 Å². The summed E-state index contributed by atoms with van der Waals surface area (Å²) in [5.41, 5.74) is 0. The Labute approximate surface area is 355 Å². The number of carbonyl (C=O) groups is 3. The summed E-state index contributed by atoms with van der Waals surface area (Å²) in [5, 5.41) is 0. The Bertz CT molecular complexity index is 883.